The number of halogens is 3. The summed E-state index contributed by atoms with van der Waals surface area (Å²) >= 11 is 0. The third-order valence-corrected chi connectivity index (χ3v) is 3.17. The maximum Gasteiger partial charge on any atom is 0.432 e. The zero-order valence-electron chi connectivity index (χ0n) is 11.1. The minimum atomic E-state index is -4.68. The van der Waals surface area contributed by atoms with E-state index in [-0.39, 0.29) is 6.54 Å². The fourth-order valence-electron chi connectivity index (χ4n) is 2.25. The number of aryl methyl sites for hydroxylation is 2. The molecule has 0 fully saturated rings. The van der Waals surface area contributed by atoms with Crippen molar-refractivity contribution in [2.24, 2.45) is 0 Å². The first-order valence-electron chi connectivity index (χ1n) is 6.43. The Labute approximate surface area is 119 Å². The number of hydrogen-bond acceptors (Lipinski definition) is 1. The summed E-state index contributed by atoms with van der Waals surface area (Å²) in [6.45, 7) is 0.122. The maximum absolute atomic E-state index is 13.0. The van der Waals surface area contributed by atoms with E-state index in [1.807, 2.05) is 30.3 Å². The Balaban J connectivity index is 2.12. The predicted octanol–water partition coefficient (Wildman–Crippen LogP) is 3.84. The first kappa shape index (κ1) is 15.2. The van der Waals surface area contributed by atoms with Crippen LogP contribution in [0.1, 0.15) is 28.0 Å². The fraction of sp³-hybridized carbons (Fsp3) is 0.267. The Morgan fingerprint density at radius 1 is 1.14 bits per heavy atom. The highest BCUT2D eigenvalue weighted by Gasteiger charge is 2.38. The van der Waals surface area contributed by atoms with Gasteiger partial charge in [0.1, 0.15) is 5.69 Å². The molecule has 1 aromatic heterocycles. The molecule has 0 radical (unpaired) electrons. The molecule has 0 aliphatic heterocycles. The molecule has 112 valence electrons. The van der Waals surface area contributed by atoms with Gasteiger partial charge >= 0.3 is 12.1 Å². The minimum absolute atomic E-state index is 0.122. The lowest BCUT2D eigenvalue weighted by Crippen LogP contribution is -2.17. The van der Waals surface area contributed by atoms with Gasteiger partial charge in [-0.15, -0.1) is 0 Å². The van der Waals surface area contributed by atoms with Gasteiger partial charge in [0.25, 0.3) is 0 Å². The number of aromatic nitrogens is 1. The van der Waals surface area contributed by atoms with Gasteiger partial charge in [-0.2, -0.15) is 13.2 Å². The highest BCUT2D eigenvalue weighted by atomic mass is 19.4. The van der Waals surface area contributed by atoms with Gasteiger partial charge in [-0.1, -0.05) is 30.3 Å². The SMILES string of the molecule is O=C(O)c1ccn(CCCc2ccccc2)c1C(F)(F)F. The van der Waals surface area contributed by atoms with E-state index < -0.39 is 23.4 Å². The lowest BCUT2D eigenvalue weighted by atomic mass is 10.1. The number of carboxylic acids is 1. The predicted molar refractivity (Wildman–Crippen MR) is 71.2 cm³/mol. The molecule has 0 atom stereocenters. The molecule has 1 heterocycles. The Bertz CT molecular complexity index is 618. The summed E-state index contributed by atoms with van der Waals surface area (Å²) in [4.78, 5) is 10.9. The van der Waals surface area contributed by atoms with Crippen LogP contribution in [0.15, 0.2) is 42.6 Å². The second kappa shape index (κ2) is 6.03. The summed E-state index contributed by atoms with van der Waals surface area (Å²) < 4.78 is 39.9. The molecule has 0 saturated heterocycles. The van der Waals surface area contributed by atoms with Gasteiger partial charge in [-0.25, -0.2) is 4.79 Å². The van der Waals surface area contributed by atoms with Crippen LogP contribution < -0.4 is 0 Å². The zero-order valence-corrected chi connectivity index (χ0v) is 11.1. The van der Waals surface area contributed by atoms with E-state index in [1.165, 1.54) is 6.20 Å². The Morgan fingerprint density at radius 2 is 1.81 bits per heavy atom. The van der Waals surface area contributed by atoms with Crippen molar-refractivity contribution in [3.05, 3.63) is 59.4 Å². The number of alkyl halides is 3. The smallest absolute Gasteiger partial charge is 0.432 e. The number of carbonyl (C=O) groups is 1. The molecule has 3 nitrogen and oxygen atoms in total. The largest absolute Gasteiger partial charge is 0.478 e. The summed E-state index contributed by atoms with van der Waals surface area (Å²) in [6.07, 6.45) is -2.36. The van der Waals surface area contributed by atoms with E-state index in [2.05, 4.69) is 0 Å². The number of hydrogen-bond donors (Lipinski definition) is 1. The van der Waals surface area contributed by atoms with Crippen molar-refractivity contribution in [3.8, 4) is 0 Å². The van der Waals surface area contributed by atoms with Crippen molar-refractivity contribution in [1.29, 1.82) is 0 Å². The Kier molecular flexibility index (Phi) is 4.35. The molecule has 0 amide bonds. The second-order valence-electron chi connectivity index (χ2n) is 4.66. The van der Waals surface area contributed by atoms with Crippen LogP contribution >= 0.6 is 0 Å². The van der Waals surface area contributed by atoms with E-state index in [4.69, 9.17) is 5.11 Å². The van der Waals surface area contributed by atoms with Crippen molar-refractivity contribution in [2.45, 2.75) is 25.6 Å². The van der Waals surface area contributed by atoms with Crippen molar-refractivity contribution < 1.29 is 23.1 Å². The van der Waals surface area contributed by atoms with Crippen LogP contribution in [0.2, 0.25) is 0 Å². The molecule has 2 rings (SSSR count). The average Bonchev–Trinajstić information content (AvgIpc) is 2.84. The standard InChI is InChI=1S/C15H14F3NO2/c16-15(17,18)13-12(14(20)21)8-10-19(13)9-4-7-11-5-2-1-3-6-11/h1-3,5-6,8,10H,4,7,9H2,(H,20,21). The molecule has 1 N–H and O–H groups in total. The summed E-state index contributed by atoms with van der Waals surface area (Å²) in [5, 5.41) is 8.83. The highest BCUT2D eigenvalue weighted by Crippen LogP contribution is 2.33. The first-order valence-corrected chi connectivity index (χ1v) is 6.43. The van der Waals surface area contributed by atoms with Crippen molar-refractivity contribution in [1.82, 2.24) is 4.57 Å². The fourth-order valence-corrected chi connectivity index (χ4v) is 2.25. The van der Waals surface area contributed by atoms with E-state index in [9.17, 15) is 18.0 Å². The number of benzene rings is 1. The Hall–Kier alpha value is -2.24. The quantitative estimate of drug-likeness (QED) is 0.911. The van der Waals surface area contributed by atoms with Gasteiger partial charge in [0, 0.05) is 12.7 Å². The number of aromatic carboxylic acids is 1. The van der Waals surface area contributed by atoms with Gasteiger partial charge < -0.3 is 9.67 Å². The third-order valence-electron chi connectivity index (χ3n) is 3.17. The first-order chi connectivity index (χ1) is 9.89. The van der Waals surface area contributed by atoms with E-state index >= 15 is 0 Å². The lowest BCUT2D eigenvalue weighted by Gasteiger charge is -2.13. The van der Waals surface area contributed by atoms with E-state index in [0.717, 1.165) is 16.2 Å². The van der Waals surface area contributed by atoms with Gasteiger partial charge in [-0.3, -0.25) is 0 Å². The van der Waals surface area contributed by atoms with E-state index in [0.29, 0.717) is 12.8 Å². The number of rotatable bonds is 5. The molecule has 0 saturated carbocycles. The van der Waals surface area contributed by atoms with Gasteiger partial charge in [-0.05, 0) is 24.5 Å². The van der Waals surface area contributed by atoms with Crippen LogP contribution in [0, 0.1) is 0 Å². The van der Waals surface area contributed by atoms with Crippen LogP contribution in [-0.4, -0.2) is 15.6 Å². The van der Waals surface area contributed by atoms with Crippen molar-refractivity contribution in [2.75, 3.05) is 0 Å². The Morgan fingerprint density at radius 3 is 2.38 bits per heavy atom. The zero-order chi connectivity index (χ0) is 15.5. The lowest BCUT2D eigenvalue weighted by molar-refractivity contribution is -0.144. The van der Waals surface area contributed by atoms with Crippen molar-refractivity contribution in [3.63, 3.8) is 0 Å². The molecule has 21 heavy (non-hydrogen) atoms. The summed E-state index contributed by atoms with van der Waals surface area (Å²) in [5.74, 6) is -1.57. The molecule has 6 heteroatoms. The van der Waals surface area contributed by atoms with Crippen LogP contribution in [0.4, 0.5) is 13.2 Å². The van der Waals surface area contributed by atoms with Crippen LogP contribution in [-0.2, 0) is 19.1 Å². The molecule has 0 aliphatic rings. The molecular weight excluding hydrogens is 283 g/mol. The van der Waals surface area contributed by atoms with Crippen LogP contribution in [0.5, 0.6) is 0 Å². The molecule has 0 aliphatic carbocycles. The van der Waals surface area contributed by atoms with Crippen LogP contribution in [0.25, 0.3) is 0 Å². The molecule has 0 bridgehead atoms. The number of nitrogens with zero attached hydrogens (tertiary/aromatic N) is 1. The maximum atomic E-state index is 13.0. The molecule has 0 unspecified atom stereocenters. The monoisotopic (exact) mass is 297 g/mol. The second-order valence-corrected chi connectivity index (χ2v) is 4.66. The van der Waals surface area contributed by atoms with E-state index in [1.54, 1.807) is 0 Å². The third kappa shape index (κ3) is 3.65. The molecule has 1 aromatic carbocycles. The highest BCUT2D eigenvalue weighted by molar-refractivity contribution is 5.89. The molecule has 0 spiro atoms. The van der Waals surface area contributed by atoms with Crippen LogP contribution in [0.3, 0.4) is 0 Å². The van der Waals surface area contributed by atoms with Gasteiger partial charge in [0.15, 0.2) is 0 Å². The summed E-state index contributed by atoms with van der Waals surface area (Å²) in [7, 11) is 0. The topological polar surface area (TPSA) is 42.2 Å². The number of carboxylic acid groups (broad SMARTS) is 1. The summed E-state index contributed by atoms with van der Waals surface area (Å²) in [6, 6.07) is 10.4. The average molecular weight is 297 g/mol. The minimum Gasteiger partial charge on any atom is -0.478 e. The van der Waals surface area contributed by atoms with Crippen molar-refractivity contribution >= 4 is 5.97 Å². The molecule has 2 aromatic rings. The normalized spacial score (nSPS) is 11.6. The molecular formula is C15H14F3NO2. The van der Waals surface area contributed by atoms with Gasteiger partial charge in [0.2, 0.25) is 0 Å². The summed E-state index contributed by atoms with van der Waals surface area (Å²) in [5.41, 5.74) is -0.762. The van der Waals surface area contributed by atoms with Gasteiger partial charge in [0.05, 0.1) is 5.56 Å².